The number of amides is 1. The van der Waals surface area contributed by atoms with Crippen LogP contribution < -0.4 is 10.1 Å². The van der Waals surface area contributed by atoms with Crippen LogP contribution in [-0.4, -0.2) is 91.6 Å². The number of piperazine rings is 1. The summed E-state index contributed by atoms with van der Waals surface area (Å²) in [5.74, 6) is 2.33. The number of hydrogen-bond acceptors (Lipinski definition) is 4. The van der Waals surface area contributed by atoms with Crippen molar-refractivity contribution < 1.29 is 9.53 Å². The average molecular weight is 428 g/mol. The topological polar surface area (TPSA) is 60.4 Å². The van der Waals surface area contributed by atoms with Crippen LogP contribution in [0.5, 0.6) is 5.75 Å². The summed E-state index contributed by atoms with van der Waals surface area (Å²) in [7, 11) is 0. The first-order valence-corrected chi connectivity index (χ1v) is 12.0. The molecule has 3 heterocycles. The lowest BCUT2D eigenvalue weighted by Gasteiger charge is -2.39. The standard InChI is InChI=1S/C24H37N5O2/c1-3-25-24(26-10-8-20-6-7-22-21(18-20)9-17-31-22)29-15-13-27(14-16-29)19(2)23(30)28-11-4-5-12-28/h6-7,18-19H,3-5,8-17H2,1-2H3,(H,25,26). The fourth-order valence-corrected chi connectivity index (χ4v) is 4.79. The van der Waals surface area contributed by atoms with Gasteiger partial charge in [0.25, 0.3) is 0 Å². The summed E-state index contributed by atoms with van der Waals surface area (Å²) in [6.07, 6.45) is 4.24. The molecule has 0 saturated carbocycles. The van der Waals surface area contributed by atoms with Crippen molar-refractivity contribution in [2.24, 2.45) is 4.99 Å². The Morgan fingerprint density at radius 2 is 1.90 bits per heavy atom. The third-order valence-corrected chi connectivity index (χ3v) is 6.69. The highest BCUT2D eigenvalue weighted by atomic mass is 16.5. The highest BCUT2D eigenvalue weighted by Gasteiger charge is 2.30. The summed E-state index contributed by atoms with van der Waals surface area (Å²) in [5.41, 5.74) is 2.64. The zero-order valence-electron chi connectivity index (χ0n) is 19.1. The summed E-state index contributed by atoms with van der Waals surface area (Å²) in [4.78, 5) is 24.3. The van der Waals surface area contributed by atoms with Crippen molar-refractivity contribution in [3.8, 4) is 5.75 Å². The molecular weight excluding hydrogens is 390 g/mol. The van der Waals surface area contributed by atoms with Crippen molar-refractivity contribution in [3.05, 3.63) is 29.3 Å². The van der Waals surface area contributed by atoms with E-state index in [1.807, 2.05) is 4.90 Å². The molecule has 1 amide bonds. The van der Waals surface area contributed by atoms with E-state index in [0.29, 0.717) is 5.91 Å². The molecule has 7 nitrogen and oxygen atoms in total. The molecule has 31 heavy (non-hydrogen) atoms. The van der Waals surface area contributed by atoms with Gasteiger partial charge in [-0.3, -0.25) is 14.7 Å². The van der Waals surface area contributed by atoms with Crippen molar-refractivity contribution in [2.75, 3.05) is 59.0 Å². The summed E-state index contributed by atoms with van der Waals surface area (Å²) in [6.45, 7) is 12.1. The smallest absolute Gasteiger partial charge is 0.239 e. The highest BCUT2D eigenvalue weighted by Crippen LogP contribution is 2.26. The Morgan fingerprint density at radius 3 is 2.65 bits per heavy atom. The van der Waals surface area contributed by atoms with Gasteiger partial charge in [0.1, 0.15) is 5.75 Å². The lowest BCUT2D eigenvalue weighted by molar-refractivity contribution is -0.135. The Labute approximate surface area is 186 Å². The van der Waals surface area contributed by atoms with Crippen LogP contribution in [0, 0.1) is 0 Å². The van der Waals surface area contributed by atoms with Crippen molar-refractivity contribution >= 4 is 11.9 Å². The van der Waals surface area contributed by atoms with Gasteiger partial charge in [-0.15, -0.1) is 0 Å². The number of carbonyl (C=O) groups is 1. The van der Waals surface area contributed by atoms with Gasteiger partial charge in [0.05, 0.1) is 12.6 Å². The first-order valence-electron chi connectivity index (χ1n) is 12.0. The number of rotatable bonds is 6. The van der Waals surface area contributed by atoms with Gasteiger partial charge in [-0.25, -0.2) is 0 Å². The van der Waals surface area contributed by atoms with Gasteiger partial charge in [-0.05, 0) is 50.3 Å². The zero-order chi connectivity index (χ0) is 21.6. The SMILES string of the molecule is CCNC(=NCCc1ccc2c(c1)CCO2)N1CCN(C(C)C(=O)N2CCCC2)CC1. The zero-order valence-corrected chi connectivity index (χ0v) is 19.1. The second kappa shape index (κ2) is 10.4. The predicted molar refractivity (Wildman–Crippen MR) is 124 cm³/mol. The van der Waals surface area contributed by atoms with Crippen molar-refractivity contribution in [1.82, 2.24) is 20.0 Å². The summed E-state index contributed by atoms with van der Waals surface area (Å²) >= 11 is 0. The molecule has 170 valence electrons. The number of carbonyl (C=O) groups excluding carboxylic acids is 1. The van der Waals surface area contributed by atoms with Gasteiger partial charge in [0, 0.05) is 58.8 Å². The molecule has 0 aromatic heterocycles. The van der Waals surface area contributed by atoms with E-state index >= 15 is 0 Å². The molecule has 4 rings (SSSR count). The van der Waals surface area contributed by atoms with Crippen LogP contribution in [0.15, 0.2) is 23.2 Å². The fourth-order valence-electron chi connectivity index (χ4n) is 4.79. The molecule has 2 fully saturated rings. The lowest BCUT2D eigenvalue weighted by Crippen LogP contribution is -2.57. The van der Waals surface area contributed by atoms with Crippen LogP contribution in [0.2, 0.25) is 0 Å². The van der Waals surface area contributed by atoms with Crippen molar-refractivity contribution in [3.63, 3.8) is 0 Å². The van der Waals surface area contributed by atoms with Crippen LogP contribution in [0.3, 0.4) is 0 Å². The Morgan fingerprint density at radius 1 is 1.13 bits per heavy atom. The predicted octanol–water partition coefficient (Wildman–Crippen LogP) is 1.76. The third kappa shape index (κ3) is 5.32. The molecular formula is C24H37N5O2. The van der Waals surface area contributed by atoms with Crippen LogP contribution in [0.4, 0.5) is 0 Å². The van der Waals surface area contributed by atoms with Gasteiger partial charge in [0.2, 0.25) is 5.91 Å². The molecule has 0 spiro atoms. The number of fused-ring (bicyclic) bond motifs is 1. The monoisotopic (exact) mass is 427 g/mol. The fraction of sp³-hybridized carbons (Fsp3) is 0.667. The van der Waals surface area contributed by atoms with Gasteiger partial charge in [-0.2, -0.15) is 0 Å². The van der Waals surface area contributed by atoms with Gasteiger partial charge in [-0.1, -0.05) is 12.1 Å². The molecule has 1 aromatic carbocycles. The Balaban J connectivity index is 1.29. The minimum Gasteiger partial charge on any atom is -0.493 e. The van der Waals surface area contributed by atoms with E-state index in [1.165, 1.54) is 11.1 Å². The second-order valence-electron chi connectivity index (χ2n) is 8.76. The Bertz CT molecular complexity index is 782. The maximum Gasteiger partial charge on any atom is 0.239 e. The van der Waals surface area contributed by atoms with Crippen LogP contribution in [0.25, 0.3) is 0 Å². The summed E-state index contributed by atoms with van der Waals surface area (Å²) in [6, 6.07) is 6.49. The van der Waals surface area contributed by atoms with Crippen LogP contribution in [0.1, 0.15) is 37.8 Å². The number of likely N-dealkylation sites (tertiary alicyclic amines) is 1. The molecule has 1 aromatic rings. The Kier molecular flexibility index (Phi) is 7.33. The molecule has 0 bridgehead atoms. The first kappa shape index (κ1) is 21.9. The number of benzene rings is 1. The molecule has 1 unspecified atom stereocenters. The molecule has 2 saturated heterocycles. The third-order valence-electron chi connectivity index (χ3n) is 6.69. The van der Waals surface area contributed by atoms with Crippen molar-refractivity contribution in [1.29, 1.82) is 0 Å². The molecule has 1 atom stereocenters. The van der Waals surface area contributed by atoms with E-state index in [0.717, 1.165) is 96.4 Å². The quantitative estimate of drug-likeness (QED) is 0.554. The number of guanidine groups is 1. The normalized spacial score (nSPS) is 20.5. The number of hydrogen-bond donors (Lipinski definition) is 1. The van der Waals surface area contributed by atoms with Gasteiger partial charge < -0.3 is 19.9 Å². The minimum atomic E-state index is -0.0245. The van der Waals surface area contributed by atoms with E-state index in [-0.39, 0.29) is 6.04 Å². The van der Waals surface area contributed by atoms with E-state index in [2.05, 4.69) is 47.2 Å². The molecule has 1 N–H and O–H groups in total. The van der Waals surface area contributed by atoms with E-state index < -0.39 is 0 Å². The second-order valence-corrected chi connectivity index (χ2v) is 8.76. The number of ether oxygens (including phenoxy) is 1. The maximum atomic E-state index is 12.7. The molecule has 0 aliphatic carbocycles. The number of nitrogens with one attached hydrogen (secondary N) is 1. The molecule has 3 aliphatic rings. The van der Waals surface area contributed by atoms with E-state index in [1.54, 1.807) is 0 Å². The van der Waals surface area contributed by atoms with Gasteiger partial charge >= 0.3 is 0 Å². The molecule has 0 radical (unpaired) electrons. The Hall–Kier alpha value is -2.28. The van der Waals surface area contributed by atoms with Gasteiger partial charge in [0.15, 0.2) is 5.96 Å². The number of nitrogens with zero attached hydrogens (tertiary/aromatic N) is 4. The number of aliphatic imine (C=N–C) groups is 1. The molecule has 7 heteroatoms. The summed E-state index contributed by atoms with van der Waals surface area (Å²) in [5, 5.41) is 3.45. The van der Waals surface area contributed by atoms with Crippen LogP contribution in [-0.2, 0) is 17.6 Å². The first-order chi connectivity index (χ1) is 15.2. The van der Waals surface area contributed by atoms with E-state index in [4.69, 9.17) is 9.73 Å². The van der Waals surface area contributed by atoms with E-state index in [9.17, 15) is 4.79 Å². The van der Waals surface area contributed by atoms with Crippen molar-refractivity contribution in [2.45, 2.75) is 45.6 Å². The largest absolute Gasteiger partial charge is 0.493 e. The average Bonchev–Trinajstić information content (AvgIpc) is 3.49. The lowest BCUT2D eigenvalue weighted by atomic mass is 10.1. The van der Waals surface area contributed by atoms with Crippen LogP contribution >= 0.6 is 0 Å². The maximum absolute atomic E-state index is 12.7. The summed E-state index contributed by atoms with van der Waals surface area (Å²) < 4.78 is 5.60. The molecule has 3 aliphatic heterocycles. The minimum absolute atomic E-state index is 0.0245. The highest BCUT2D eigenvalue weighted by molar-refractivity contribution is 5.82.